The van der Waals surface area contributed by atoms with Gasteiger partial charge in [0.2, 0.25) is 0 Å². The Morgan fingerprint density at radius 3 is 2.21 bits per heavy atom. The van der Waals surface area contributed by atoms with E-state index in [0.29, 0.717) is 0 Å². The van der Waals surface area contributed by atoms with Gasteiger partial charge in [0.05, 0.1) is 11.2 Å². The molecule has 2 unspecified atom stereocenters. The van der Waals surface area contributed by atoms with Crippen LogP contribution in [0.1, 0.15) is 27.7 Å². The standard InChI is InChI=1S/C13H18BFO4/c1-11(2)12(3,4)19-14(18-11)13(15)8-6-5-7-9(13)10(16)17/h5-9H,1-4H3,(H,16,17). The number of hydrogen-bond acceptors (Lipinski definition) is 3. The van der Waals surface area contributed by atoms with E-state index in [9.17, 15) is 4.79 Å². The van der Waals surface area contributed by atoms with E-state index in [0.717, 1.165) is 0 Å². The minimum atomic E-state index is -2.20. The molecule has 1 aliphatic heterocycles. The molecule has 1 N–H and O–H groups in total. The van der Waals surface area contributed by atoms with Gasteiger partial charge in [-0.1, -0.05) is 18.2 Å². The van der Waals surface area contributed by atoms with Crippen LogP contribution in [0, 0.1) is 5.92 Å². The van der Waals surface area contributed by atoms with Gasteiger partial charge in [-0.15, -0.1) is 0 Å². The van der Waals surface area contributed by atoms with Gasteiger partial charge in [0.15, 0.2) is 5.57 Å². The summed E-state index contributed by atoms with van der Waals surface area (Å²) in [6.07, 6.45) is 5.51. The van der Waals surface area contributed by atoms with Crippen LogP contribution in [0.3, 0.4) is 0 Å². The van der Waals surface area contributed by atoms with Crippen molar-refractivity contribution in [2.75, 3.05) is 0 Å². The van der Waals surface area contributed by atoms with Crippen molar-refractivity contribution in [2.24, 2.45) is 5.92 Å². The van der Waals surface area contributed by atoms with E-state index in [1.807, 2.05) is 0 Å². The summed E-state index contributed by atoms with van der Waals surface area (Å²) in [5.41, 5.74) is -3.60. The van der Waals surface area contributed by atoms with Crippen LogP contribution in [-0.4, -0.2) is 35.0 Å². The number of allylic oxidation sites excluding steroid dienone is 3. The quantitative estimate of drug-likeness (QED) is 0.779. The molecule has 1 saturated heterocycles. The van der Waals surface area contributed by atoms with Gasteiger partial charge in [-0.25, -0.2) is 4.39 Å². The van der Waals surface area contributed by atoms with Crippen molar-refractivity contribution in [2.45, 2.75) is 44.5 Å². The average Bonchev–Trinajstić information content (AvgIpc) is 2.49. The van der Waals surface area contributed by atoms with Crippen LogP contribution in [0.5, 0.6) is 0 Å². The molecule has 6 heteroatoms. The number of carbonyl (C=O) groups is 1. The molecular weight excluding hydrogens is 250 g/mol. The second-order valence-electron chi connectivity index (χ2n) is 5.98. The zero-order valence-electron chi connectivity index (χ0n) is 11.5. The Balaban J connectivity index is 2.34. The predicted molar refractivity (Wildman–Crippen MR) is 69.3 cm³/mol. The third kappa shape index (κ3) is 2.13. The molecule has 2 atom stereocenters. The summed E-state index contributed by atoms with van der Waals surface area (Å²) in [4.78, 5) is 11.2. The highest BCUT2D eigenvalue weighted by Crippen LogP contribution is 2.44. The fraction of sp³-hybridized carbons (Fsp3) is 0.615. The number of carboxylic acid groups (broad SMARTS) is 1. The Bertz CT molecular complexity index is 442. The molecule has 2 rings (SSSR count). The third-order valence-electron chi connectivity index (χ3n) is 4.12. The van der Waals surface area contributed by atoms with E-state index in [4.69, 9.17) is 14.4 Å². The van der Waals surface area contributed by atoms with Crippen LogP contribution in [-0.2, 0) is 14.1 Å². The first kappa shape index (κ1) is 14.3. The predicted octanol–water partition coefficient (Wildman–Crippen LogP) is 2.15. The van der Waals surface area contributed by atoms with Gasteiger partial charge in [0, 0.05) is 0 Å². The molecule has 0 saturated carbocycles. The lowest BCUT2D eigenvalue weighted by Crippen LogP contribution is -2.51. The van der Waals surface area contributed by atoms with Crippen LogP contribution in [0.25, 0.3) is 0 Å². The average molecular weight is 268 g/mol. The van der Waals surface area contributed by atoms with Crippen molar-refractivity contribution in [3.8, 4) is 0 Å². The molecule has 1 fully saturated rings. The lowest BCUT2D eigenvalue weighted by atomic mass is 9.60. The van der Waals surface area contributed by atoms with Crippen LogP contribution >= 0.6 is 0 Å². The number of carboxylic acids is 1. The normalized spacial score (nSPS) is 35.6. The maximum absolute atomic E-state index is 15.1. The van der Waals surface area contributed by atoms with Crippen LogP contribution in [0.2, 0.25) is 0 Å². The highest BCUT2D eigenvalue weighted by Gasteiger charge is 2.63. The summed E-state index contributed by atoms with van der Waals surface area (Å²) in [6.45, 7) is 7.20. The van der Waals surface area contributed by atoms with Gasteiger partial charge >= 0.3 is 13.1 Å². The maximum Gasteiger partial charge on any atom is 0.503 e. The van der Waals surface area contributed by atoms with Crippen molar-refractivity contribution in [3.05, 3.63) is 24.3 Å². The number of halogens is 1. The lowest BCUT2D eigenvalue weighted by Gasteiger charge is -2.32. The monoisotopic (exact) mass is 268 g/mol. The Kier molecular flexibility index (Phi) is 3.14. The van der Waals surface area contributed by atoms with Gasteiger partial charge < -0.3 is 14.4 Å². The molecule has 104 valence electrons. The first-order chi connectivity index (χ1) is 8.60. The third-order valence-corrected chi connectivity index (χ3v) is 4.12. The minimum absolute atomic E-state index is 0.700. The zero-order chi connectivity index (χ0) is 14.5. The van der Waals surface area contributed by atoms with Crippen molar-refractivity contribution >= 4 is 13.1 Å². The lowest BCUT2D eigenvalue weighted by molar-refractivity contribution is -0.142. The van der Waals surface area contributed by atoms with E-state index in [2.05, 4.69) is 0 Å². The summed E-state index contributed by atoms with van der Waals surface area (Å²) < 4.78 is 26.4. The summed E-state index contributed by atoms with van der Waals surface area (Å²) in [6, 6.07) is 0. The number of hydrogen-bond donors (Lipinski definition) is 1. The topological polar surface area (TPSA) is 55.8 Å². The molecule has 0 radical (unpaired) electrons. The molecule has 4 nitrogen and oxygen atoms in total. The SMILES string of the molecule is CC1(C)OB(C2(F)C=CC=CC2C(=O)O)OC1(C)C. The first-order valence-electron chi connectivity index (χ1n) is 6.23. The van der Waals surface area contributed by atoms with Crippen molar-refractivity contribution < 1.29 is 23.6 Å². The molecule has 0 aromatic rings. The van der Waals surface area contributed by atoms with Gasteiger partial charge in [0.1, 0.15) is 5.92 Å². The summed E-state index contributed by atoms with van der Waals surface area (Å²) >= 11 is 0. The number of aliphatic carboxylic acids is 1. The van der Waals surface area contributed by atoms with Gasteiger partial charge in [-0.3, -0.25) is 4.79 Å². The van der Waals surface area contributed by atoms with Crippen molar-refractivity contribution in [1.29, 1.82) is 0 Å². The first-order valence-corrected chi connectivity index (χ1v) is 6.23. The van der Waals surface area contributed by atoms with E-state index in [1.54, 1.807) is 27.7 Å². The van der Waals surface area contributed by atoms with E-state index in [1.165, 1.54) is 24.3 Å². The Labute approximate surface area is 112 Å². The summed E-state index contributed by atoms with van der Waals surface area (Å²) in [5, 5.41) is 9.16. The highest BCUT2D eigenvalue weighted by atomic mass is 19.1. The van der Waals surface area contributed by atoms with Crippen molar-refractivity contribution in [3.63, 3.8) is 0 Å². The summed E-state index contributed by atoms with van der Waals surface area (Å²) in [5.74, 6) is -2.55. The molecule has 1 aliphatic carbocycles. The number of rotatable bonds is 2. The largest absolute Gasteiger partial charge is 0.503 e. The molecule has 0 aromatic heterocycles. The fourth-order valence-corrected chi connectivity index (χ4v) is 2.15. The van der Waals surface area contributed by atoms with Gasteiger partial charge in [-0.05, 0) is 33.8 Å². The minimum Gasteiger partial charge on any atom is -0.481 e. The van der Waals surface area contributed by atoms with E-state index < -0.39 is 35.8 Å². The number of alkyl halides is 1. The molecule has 0 amide bonds. The Hall–Kier alpha value is -1.14. The summed E-state index contributed by atoms with van der Waals surface area (Å²) in [7, 11) is -1.24. The fourth-order valence-electron chi connectivity index (χ4n) is 2.15. The molecular formula is C13H18BFO4. The second-order valence-corrected chi connectivity index (χ2v) is 5.98. The Morgan fingerprint density at radius 2 is 1.74 bits per heavy atom. The van der Waals surface area contributed by atoms with Crippen LogP contribution in [0.15, 0.2) is 24.3 Å². The molecule has 1 heterocycles. The zero-order valence-corrected chi connectivity index (χ0v) is 11.5. The van der Waals surface area contributed by atoms with E-state index >= 15 is 4.39 Å². The smallest absolute Gasteiger partial charge is 0.481 e. The highest BCUT2D eigenvalue weighted by molar-refractivity contribution is 6.51. The molecule has 0 bridgehead atoms. The second kappa shape index (κ2) is 4.18. The van der Waals surface area contributed by atoms with Crippen LogP contribution < -0.4 is 0 Å². The maximum atomic E-state index is 15.1. The van der Waals surface area contributed by atoms with Crippen molar-refractivity contribution in [1.82, 2.24) is 0 Å². The molecule has 0 aromatic carbocycles. The molecule has 0 spiro atoms. The molecule has 19 heavy (non-hydrogen) atoms. The molecule has 2 aliphatic rings. The van der Waals surface area contributed by atoms with E-state index in [-0.39, 0.29) is 0 Å². The van der Waals surface area contributed by atoms with Crippen LogP contribution in [0.4, 0.5) is 4.39 Å². The van der Waals surface area contributed by atoms with Gasteiger partial charge in [0.25, 0.3) is 0 Å². The van der Waals surface area contributed by atoms with Gasteiger partial charge in [-0.2, -0.15) is 0 Å². The Morgan fingerprint density at radius 1 is 1.21 bits per heavy atom.